The van der Waals surface area contributed by atoms with Crippen LogP contribution in [0.25, 0.3) is 10.1 Å². The molecule has 1 atom stereocenters. The predicted octanol–water partition coefficient (Wildman–Crippen LogP) is 5.13. The zero-order valence-corrected chi connectivity index (χ0v) is 12.7. The summed E-state index contributed by atoms with van der Waals surface area (Å²) in [7, 11) is 2.12. The molecule has 0 saturated heterocycles. The molecule has 0 aliphatic heterocycles. The number of hydrogen-bond acceptors (Lipinski definition) is 2. The van der Waals surface area contributed by atoms with Gasteiger partial charge < -0.3 is 5.32 Å². The number of rotatable bonds is 3. The van der Waals surface area contributed by atoms with Gasteiger partial charge in [-0.2, -0.15) is 0 Å². The molecule has 19 heavy (non-hydrogen) atoms. The highest BCUT2D eigenvalue weighted by Gasteiger charge is 2.36. The summed E-state index contributed by atoms with van der Waals surface area (Å²) in [5.74, 6) is 0. The van der Waals surface area contributed by atoms with E-state index in [9.17, 15) is 0 Å². The van der Waals surface area contributed by atoms with Crippen LogP contribution in [0.4, 0.5) is 0 Å². The Hall–Kier alpha value is -0.860. The Kier molecular flexibility index (Phi) is 3.64. The van der Waals surface area contributed by atoms with Crippen molar-refractivity contribution in [3.05, 3.63) is 35.2 Å². The van der Waals surface area contributed by atoms with Gasteiger partial charge in [0.15, 0.2) is 0 Å². The summed E-state index contributed by atoms with van der Waals surface area (Å²) in [5.41, 5.74) is 1.92. The second-order valence-corrected chi connectivity index (χ2v) is 7.03. The Labute approximate surface area is 120 Å². The molecule has 1 fully saturated rings. The Morgan fingerprint density at radius 1 is 1.16 bits per heavy atom. The molecular formula is C17H23NS. The van der Waals surface area contributed by atoms with Crippen molar-refractivity contribution in [2.75, 3.05) is 7.05 Å². The van der Waals surface area contributed by atoms with Crippen LogP contribution in [0.2, 0.25) is 0 Å². The number of benzene rings is 1. The van der Waals surface area contributed by atoms with Crippen molar-refractivity contribution in [1.29, 1.82) is 0 Å². The zero-order valence-electron chi connectivity index (χ0n) is 11.9. The molecule has 0 bridgehead atoms. The maximum atomic E-state index is 3.61. The lowest BCUT2D eigenvalue weighted by Crippen LogP contribution is -2.35. The third-order valence-corrected chi connectivity index (χ3v) is 5.79. The second kappa shape index (κ2) is 5.26. The van der Waals surface area contributed by atoms with Crippen LogP contribution in [-0.4, -0.2) is 7.05 Å². The van der Waals surface area contributed by atoms with E-state index in [0.29, 0.717) is 11.5 Å². The highest BCUT2D eigenvalue weighted by atomic mass is 32.1. The van der Waals surface area contributed by atoms with E-state index in [1.54, 1.807) is 0 Å². The van der Waals surface area contributed by atoms with Gasteiger partial charge in [0.2, 0.25) is 0 Å². The van der Waals surface area contributed by atoms with E-state index < -0.39 is 0 Å². The molecule has 1 N–H and O–H groups in total. The topological polar surface area (TPSA) is 12.0 Å². The first-order chi connectivity index (χ1) is 9.24. The Morgan fingerprint density at radius 3 is 2.63 bits per heavy atom. The van der Waals surface area contributed by atoms with Crippen LogP contribution in [0, 0.1) is 5.41 Å². The first kappa shape index (κ1) is 13.1. The molecule has 1 nitrogen and oxygen atoms in total. The molecule has 102 valence electrons. The average molecular weight is 273 g/mol. The van der Waals surface area contributed by atoms with Crippen molar-refractivity contribution >= 4 is 21.4 Å². The Bertz CT molecular complexity index is 551. The van der Waals surface area contributed by atoms with E-state index in [1.807, 2.05) is 11.3 Å². The van der Waals surface area contributed by atoms with Crippen molar-refractivity contribution in [3.8, 4) is 0 Å². The van der Waals surface area contributed by atoms with Crippen molar-refractivity contribution in [3.63, 3.8) is 0 Å². The van der Waals surface area contributed by atoms with Gasteiger partial charge in [-0.05, 0) is 47.7 Å². The summed E-state index contributed by atoms with van der Waals surface area (Å²) in [5, 5.41) is 7.42. The SMILES string of the molecule is CNC(c1csc2ccccc12)C1(C)CCCCC1. The molecule has 1 saturated carbocycles. The summed E-state index contributed by atoms with van der Waals surface area (Å²) in [6.07, 6.45) is 6.88. The van der Waals surface area contributed by atoms with Crippen molar-refractivity contribution in [1.82, 2.24) is 5.32 Å². The third-order valence-electron chi connectivity index (χ3n) is 4.80. The minimum Gasteiger partial charge on any atom is -0.312 e. The molecule has 0 spiro atoms. The first-order valence-electron chi connectivity index (χ1n) is 7.38. The predicted molar refractivity (Wildman–Crippen MR) is 84.8 cm³/mol. The molecule has 1 aromatic heterocycles. The Balaban J connectivity index is 2.02. The summed E-state index contributed by atoms with van der Waals surface area (Å²) in [4.78, 5) is 0. The van der Waals surface area contributed by atoms with Crippen LogP contribution in [0.5, 0.6) is 0 Å². The molecule has 0 radical (unpaired) electrons. The van der Waals surface area contributed by atoms with Crippen LogP contribution >= 0.6 is 11.3 Å². The van der Waals surface area contributed by atoms with Gasteiger partial charge in [0.1, 0.15) is 0 Å². The maximum Gasteiger partial charge on any atom is 0.0386 e. The fourth-order valence-electron chi connectivity index (χ4n) is 3.75. The normalized spacial score (nSPS) is 20.5. The van der Waals surface area contributed by atoms with E-state index in [4.69, 9.17) is 0 Å². The lowest BCUT2D eigenvalue weighted by Gasteiger charge is -2.41. The highest BCUT2D eigenvalue weighted by Crippen LogP contribution is 2.47. The first-order valence-corrected chi connectivity index (χ1v) is 8.26. The monoisotopic (exact) mass is 273 g/mol. The van der Waals surface area contributed by atoms with Gasteiger partial charge in [-0.1, -0.05) is 44.4 Å². The largest absolute Gasteiger partial charge is 0.312 e. The number of nitrogens with one attached hydrogen (secondary N) is 1. The molecule has 1 heterocycles. The van der Waals surface area contributed by atoms with Gasteiger partial charge in [-0.3, -0.25) is 0 Å². The van der Waals surface area contributed by atoms with Crippen molar-refractivity contribution in [2.24, 2.45) is 5.41 Å². The quantitative estimate of drug-likeness (QED) is 0.817. The van der Waals surface area contributed by atoms with Crippen molar-refractivity contribution < 1.29 is 0 Å². The summed E-state index contributed by atoms with van der Waals surface area (Å²) < 4.78 is 1.41. The molecule has 0 amide bonds. The van der Waals surface area contributed by atoms with Gasteiger partial charge in [-0.15, -0.1) is 11.3 Å². The fourth-order valence-corrected chi connectivity index (χ4v) is 4.74. The second-order valence-electron chi connectivity index (χ2n) is 6.12. The lowest BCUT2D eigenvalue weighted by atomic mass is 9.68. The average Bonchev–Trinajstić information content (AvgIpc) is 2.84. The minimum atomic E-state index is 0.414. The number of hydrogen-bond donors (Lipinski definition) is 1. The zero-order chi connectivity index (χ0) is 13.3. The van der Waals surface area contributed by atoms with E-state index in [-0.39, 0.29) is 0 Å². The van der Waals surface area contributed by atoms with E-state index in [2.05, 4.69) is 48.9 Å². The lowest BCUT2D eigenvalue weighted by molar-refractivity contribution is 0.151. The number of fused-ring (bicyclic) bond motifs is 1. The van der Waals surface area contributed by atoms with Crippen molar-refractivity contribution in [2.45, 2.75) is 45.1 Å². The molecule has 2 aromatic rings. The molecule has 1 aromatic carbocycles. The van der Waals surface area contributed by atoms with Gasteiger partial charge >= 0.3 is 0 Å². The van der Waals surface area contributed by atoms with Gasteiger partial charge in [0.05, 0.1) is 0 Å². The highest BCUT2D eigenvalue weighted by molar-refractivity contribution is 7.17. The molecule has 3 rings (SSSR count). The molecule has 1 aliphatic rings. The van der Waals surface area contributed by atoms with Crippen LogP contribution in [0.3, 0.4) is 0 Å². The summed E-state index contributed by atoms with van der Waals surface area (Å²) >= 11 is 1.88. The standard InChI is InChI=1S/C17H23NS/c1-17(10-6-3-7-11-17)16(18-2)14-12-19-15-9-5-4-8-13(14)15/h4-5,8-9,12,16,18H,3,6-7,10-11H2,1-2H3. The summed E-state index contributed by atoms with van der Waals surface area (Å²) in [6.45, 7) is 2.47. The van der Waals surface area contributed by atoms with E-state index in [1.165, 1.54) is 47.8 Å². The van der Waals surface area contributed by atoms with Crippen LogP contribution in [0.1, 0.15) is 50.6 Å². The van der Waals surface area contributed by atoms with E-state index >= 15 is 0 Å². The molecule has 1 aliphatic carbocycles. The fraction of sp³-hybridized carbons (Fsp3) is 0.529. The van der Waals surface area contributed by atoms with Gasteiger partial charge in [0.25, 0.3) is 0 Å². The minimum absolute atomic E-state index is 0.414. The van der Waals surface area contributed by atoms with Gasteiger partial charge in [0, 0.05) is 10.7 Å². The number of thiophene rings is 1. The third kappa shape index (κ3) is 2.32. The van der Waals surface area contributed by atoms with Crippen LogP contribution in [0.15, 0.2) is 29.6 Å². The van der Waals surface area contributed by atoms with Crippen LogP contribution in [-0.2, 0) is 0 Å². The van der Waals surface area contributed by atoms with Crippen LogP contribution < -0.4 is 5.32 Å². The Morgan fingerprint density at radius 2 is 1.89 bits per heavy atom. The molecular weight excluding hydrogens is 250 g/mol. The van der Waals surface area contributed by atoms with Gasteiger partial charge in [-0.25, -0.2) is 0 Å². The molecule has 1 unspecified atom stereocenters. The molecule has 2 heteroatoms. The van der Waals surface area contributed by atoms with E-state index in [0.717, 1.165) is 0 Å². The maximum absolute atomic E-state index is 3.61. The summed E-state index contributed by atoms with van der Waals surface area (Å²) in [6, 6.07) is 9.30. The smallest absolute Gasteiger partial charge is 0.0386 e.